The Morgan fingerprint density at radius 2 is 2.00 bits per heavy atom. The van der Waals surface area contributed by atoms with Gasteiger partial charge in [0.1, 0.15) is 0 Å². The smallest absolute Gasteiger partial charge is 0.221 e. The highest BCUT2D eigenvalue weighted by molar-refractivity contribution is 7.20. The van der Waals surface area contributed by atoms with Crippen LogP contribution in [0.1, 0.15) is 12.5 Å². The lowest BCUT2D eigenvalue weighted by molar-refractivity contribution is -0.114. The van der Waals surface area contributed by atoms with Gasteiger partial charge in [0.2, 0.25) is 16.0 Å². The van der Waals surface area contributed by atoms with Crippen LogP contribution in [0.2, 0.25) is 0 Å². The fourth-order valence-electron chi connectivity index (χ4n) is 2.69. The highest BCUT2D eigenvalue weighted by Gasteiger charge is 2.12. The number of fused-ring (bicyclic) bond motifs is 1. The van der Waals surface area contributed by atoms with Gasteiger partial charge >= 0.3 is 0 Å². The molecule has 4 aromatic rings. The Morgan fingerprint density at radius 1 is 1.15 bits per heavy atom. The van der Waals surface area contributed by atoms with Gasteiger partial charge in [0.05, 0.1) is 11.9 Å². The third-order valence-electron chi connectivity index (χ3n) is 3.85. The molecule has 0 unspecified atom stereocenters. The lowest BCUT2D eigenvalue weighted by atomic mass is 10.1. The fourth-order valence-corrected chi connectivity index (χ4v) is 3.46. The number of imidazole rings is 1. The average Bonchev–Trinajstić information content (AvgIpc) is 3.20. The van der Waals surface area contributed by atoms with Crippen LogP contribution in [0.25, 0.3) is 16.2 Å². The maximum Gasteiger partial charge on any atom is 0.221 e. The molecule has 0 saturated heterocycles. The number of aromatic nitrogens is 3. The van der Waals surface area contributed by atoms with Gasteiger partial charge in [-0.25, -0.2) is 9.50 Å². The van der Waals surface area contributed by atoms with E-state index < -0.39 is 0 Å². The first-order valence-electron chi connectivity index (χ1n) is 8.19. The van der Waals surface area contributed by atoms with Gasteiger partial charge < -0.3 is 10.6 Å². The van der Waals surface area contributed by atoms with Gasteiger partial charge in [0, 0.05) is 24.7 Å². The molecule has 0 spiro atoms. The molecule has 0 fully saturated rings. The summed E-state index contributed by atoms with van der Waals surface area (Å²) in [4.78, 5) is 16.5. The summed E-state index contributed by atoms with van der Waals surface area (Å²) < 4.78 is 1.82. The van der Waals surface area contributed by atoms with E-state index in [1.165, 1.54) is 23.8 Å². The van der Waals surface area contributed by atoms with Crippen molar-refractivity contribution in [2.24, 2.45) is 0 Å². The van der Waals surface area contributed by atoms with E-state index in [0.717, 1.165) is 27.0 Å². The molecule has 130 valence electrons. The van der Waals surface area contributed by atoms with Crippen molar-refractivity contribution < 1.29 is 4.79 Å². The molecule has 0 radical (unpaired) electrons. The number of carbonyl (C=O) groups excluding carboxylic acids is 1. The molecule has 0 saturated carbocycles. The van der Waals surface area contributed by atoms with Crippen molar-refractivity contribution in [1.29, 1.82) is 0 Å². The lowest BCUT2D eigenvalue weighted by Crippen LogP contribution is -2.05. The topological polar surface area (TPSA) is 71.3 Å². The minimum atomic E-state index is -0.0957. The first-order chi connectivity index (χ1) is 12.7. The second kappa shape index (κ2) is 6.97. The van der Waals surface area contributed by atoms with Gasteiger partial charge in [-0.3, -0.25) is 4.79 Å². The van der Waals surface area contributed by atoms with E-state index in [1.807, 2.05) is 47.0 Å². The molecule has 0 aliphatic rings. The molecular weight excluding hydrogens is 346 g/mol. The zero-order chi connectivity index (χ0) is 17.9. The summed E-state index contributed by atoms with van der Waals surface area (Å²) >= 11 is 1.51. The van der Waals surface area contributed by atoms with Crippen LogP contribution < -0.4 is 10.6 Å². The van der Waals surface area contributed by atoms with Crippen molar-refractivity contribution in [3.8, 4) is 11.3 Å². The molecule has 6 nitrogen and oxygen atoms in total. The van der Waals surface area contributed by atoms with Crippen LogP contribution in [0.3, 0.4) is 0 Å². The molecule has 2 N–H and O–H groups in total. The van der Waals surface area contributed by atoms with Crippen LogP contribution in [0.4, 0.5) is 10.8 Å². The third kappa shape index (κ3) is 3.43. The van der Waals surface area contributed by atoms with Crippen molar-refractivity contribution in [3.05, 3.63) is 66.4 Å². The molecule has 7 heteroatoms. The normalized spacial score (nSPS) is 10.8. The second-order valence-corrected chi connectivity index (χ2v) is 6.80. The molecule has 0 aliphatic carbocycles. The molecule has 2 aromatic carbocycles. The maximum absolute atomic E-state index is 11.3. The van der Waals surface area contributed by atoms with E-state index in [-0.39, 0.29) is 5.91 Å². The van der Waals surface area contributed by atoms with Crippen LogP contribution in [0.15, 0.2) is 60.8 Å². The second-order valence-electron chi connectivity index (χ2n) is 5.85. The quantitative estimate of drug-likeness (QED) is 0.562. The van der Waals surface area contributed by atoms with Crippen LogP contribution >= 0.6 is 11.3 Å². The SMILES string of the molecule is CC(=O)Nc1cccc(-c2cnc3sc(NCc4ccccc4)nn23)c1. The van der Waals surface area contributed by atoms with E-state index in [0.29, 0.717) is 6.54 Å². The van der Waals surface area contributed by atoms with Crippen LogP contribution in [0.5, 0.6) is 0 Å². The van der Waals surface area contributed by atoms with E-state index in [2.05, 4.69) is 32.8 Å². The van der Waals surface area contributed by atoms with E-state index in [4.69, 9.17) is 0 Å². The largest absolute Gasteiger partial charge is 0.356 e. The van der Waals surface area contributed by atoms with Crippen LogP contribution in [0, 0.1) is 0 Å². The van der Waals surface area contributed by atoms with Crippen LogP contribution in [-0.2, 0) is 11.3 Å². The lowest BCUT2D eigenvalue weighted by Gasteiger charge is -2.04. The number of amides is 1. The molecule has 26 heavy (non-hydrogen) atoms. The van der Waals surface area contributed by atoms with Gasteiger partial charge in [-0.2, -0.15) is 0 Å². The highest BCUT2D eigenvalue weighted by Crippen LogP contribution is 2.27. The Bertz CT molecular complexity index is 1050. The number of hydrogen-bond acceptors (Lipinski definition) is 5. The zero-order valence-corrected chi connectivity index (χ0v) is 15.0. The number of benzene rings is 2. The van der Waals surface area contributed by atoms with Gasteiger partial charge in [0.15, 0.2) is 0 Å². The standard InChI is InChI=1S/C19H17N5OS/c1-13(25)22-16-9-5-8-15(10-16)17-12-21-19-24(17)23-18(26-19)20-11-14-6-3-2-4-7-14/h2-10,12H,11H2,1H3,(H,20,23)(H,22,25). The van der Waals surface area contributed by atoms with Gasteiger partial charge in [-0.1, -0.05) is 53.8 Å². The third-order valence-corrected chi connectivity index (χ3v) is 4.73. The number of hydrogen-bond donors (Lipinski definition) is 2. The van der Waals surface area contributed by atoms with Crippen molar-refractivity contribution in [2.45, 2.75) is 13.5 Å². The molecule has 4 rings (SSSR count). The van der Waals surface area contributed by atoms with Crippen molar-refractivity contribution in [1.82, 2.24) is 14.6 Å². The Kier molecular flexibility index (Phi) is 4.37. The molecule has 1 amide bonds. The van der Waals surface area contributed by atoms with Crippen molar-refractivity contribution in [3.63, 3.8) is 0 Å². The van der Waals surface area contributed by atoms with Gasteiger partial charge in [-0.15, -0.1) is 5.10 Å². The average molecular weight is 363 g/mol. The molecule has 2 aromatic heterocycles. The first-order valence-corrected chi connectivity index (χ1v) is 9.01. The summed E-state index contributed by atoms with van der Waals surface area (Å²) in [6.07, 6.45) is 1.80. The van der Waals surface area contributed by atoms with Gasteiger partial charge in [0.25, 0.3) is 0 Å². The van der Waals surface area contributed by atoms with Crippen molar-refractivity contribution in [2.75, 3.05) is 10.6 Å². The monoisotopic (exact) mass is 363 g/mol. The molecule has 0 atom stereocenters. The summed E-state index contributed by atoms with van der Waals surface area (Å²) in [5, 5.41) is 11.6. The minimum Gasteiger partial charge on any atom is -0.356 e. The number of nitrogens with one attached hydrogen (secondary N) is 2. The number of rotatable bonds is 5. The molecular formula is C19H17N5OS. The Labute approximate surface area is 154 Å². The summed E-state index contributed by atoms with van der Waals surface area (Å²) in [6.45, 7) is 2.21. The Hall–Kier alpha value is -3.19. The summed E-state index contributed by atoms with van der Waals surface area (Å²) in [5.74, 6) is -0.0957. The number of nitrogens with zero attached hydrogens (tertiary/aromatic N) is 3. The molecule has 2 heterocycles. The Balaban J connectivity index is 1.59. The Morgan fingerprint density at radius 3 is 2.81 bits per heavy atom. The number of carbonyl (C=O) groups is 1. The van der Waals surface area contributed by atoms with Gasteiger partial charge in [-0.05, 0) is 17.7 Å². The maximum atomic E-state index is 11.3. The van der Waals surface area contributed by atoms with E-state index in [1.54, 1.807) is 6.20 Å². The first kappa shape index (κ1) is 16.3. The summed E-state index contributed by atoms with van der Waals surface area (Å²) in [6, 6.07) is 17.8. The highest BCUT2D eigenvalue weighted by atomic mass is 32.1. The zero-order valence-electron chi connectivity index (χ0n) is 14.1. The molecule has 0 bridgehead atoms. The predicted octanol–water partition coefficient (Wildman–Crippen LogP) is 4.03. The molecule has 0 aliphatic heterocycles. The summed E-state index contributed by atoms with van der Waals surface area (Å²) in [7, 11) is 0. The van der Waals surface area contributed by atoms with Crippen molar-refractivity contribution >= 4 is 33.0 Å². The minimum absolute atomic E-state index is 0.0957. The fraction of sp³-hybridized carbons (Fsp3) is 0.105. The van der Waals surface area contributed by atoms with E-state index in [9.17, 15) is 4.79 Å². The predicted molar refractivity (Wildman–Crippen MR) is 104 cm³/mol. The van der Waals surface area contributed by atoms with Crippen LogP contribution in [-0.4, -0.2) is 20.5 Å². The summed E-state index contributed by atoms with van der Waals surface area (Å²) in [5.41, 5.74) is 3.78. The number of anilines is 2. The van der Waals surface area contributed by atoms with E-state index >= 15 is 0 Å².